The molecule has 0 N–H and O–H groups in total. The van der Waals surface area contributed by atoms with Crippen molar-refractivity contribution in [3.05, 3.63) is 6.61 Å². The van der Waals surface area contributed by atoms with E-state index in [-0.39, 0.29) is 12.2 Å². The second kappa shape index (κ2) is 1.33. The van der Waals surface area contributed by atoms with Crippen LogP contribution < -0.4 is 0 Å². The topological polar surface area (TPSA) is 43.4 Å². The van der Waals surface area contributed by atoms with Crippen LogP contribution in [0, 0.1) is 6.61 Å². The van der Waals surface area contributed by atoms with Crippen molar-refractivity contribution in [2.75, 3.05) is 0 Å². The lowest BCUT2D eigenvalue weighted by Gasteiger charge is -1.78. The van der Waals surface area contributed by atoms with Gasteiger partial charge < -0.3 is 4.74 Å². The van der Waals surface area contributed by atoms with E-state index in [0.717, 1.165) is 6.61 Å². The van der Waals surface area contributed by atoms with Gasteiger partial charge in [-0.15, -0.1) is 0 Å². The number of hydrogen-bond donors (Lipinski definition) is 0. The minimum atomic E-state index is -0.454. The Morgan fingerprint density at radius 1 is 1.57 bits per heavy atom. The molecule has 3 nitrogen and oxygen atoms in total. The standard InChI is InChI=1S/C4H3O3/c5-3-1-4(6)7-2-3/h2H,1H2. The van der Waals surface area contributed by atoms with E-state index in [1.54, 1.807) is 0 Å². The molecule has 0 amide bonds. The second-order valence-corrected chi connectivity index (χ2v) is 1.25. The molecule has 0 aliphatic carbocycles. The summed E-state index contributed by atoms with van der Waals surface area (Å²) in [6.45, 7) is 0.933. The summed E-state index contributed by atoms with van der Waals surface area (Å²) < 4.78 is 4.15. The van der Waals surface area contributed by atoms with Crippen LogP contribution in [0.15, 0.2) is 0 Å². The summed E-state index contributed by atoms with van der Waals surface area (Å²) in [6.07, 6.45) is -0.0833. The Labute approximate surface area is 40.3 Å². The van der Waals surface area contributed by atoms with Gasteiger partial charge in [-0.3, -0.25) is 9.59 Å². The van der Waals surface area contributed by atoms with Crippen molar-refractivity contribution < 1.29 is 14.3 Å². The van der Waals surface area contributed by atoms with Gasteiger partial charge in [0.2, 0.25) is 6.61 Å². The van der Waals surface area contributed by atoms with Gasteiger partial charge in [0.1, 0.15) is 6.42 Å². The van der Waals surface area contributed by atoms with Gasteiger partial charge in [-0.25, -0.2) is 0 Å². The summed E-state index contributed by atoms with van der Waals surface area (Å²) in [5.41, 5.74) is 0. The van der Waals surface area contributed by atoms with Crippen LogP contribution in [-0.2, 0) is 14.3 Å². The molecular formula is C4H3O3. The number of hydrogen-bond acceptors (Lipinski definition) is 3. The minimum absolute atomic E-state index is 0.0833. The van der Waals surface area contributed by atoms with Gasteiger partial charge in [0.25, 0.3) is 0 Å². The summed E-state index contributed by atoms with van der Waals surface area (Å²) in [7, 11) is 0. The van der Waals surface area contributed by atoms with E-state index in [2.05, 4.69) is 4.74 Å². The van der Waals surface area contributed by atoms with Crippen molar-refractivity contribution in [3.63, 3.8) is 0 Å². The Balaban J connectivity index is 2.55. The Morgan fingerprint density at radius 2 is 2.29 bits per heavy atom. The third kappa shape index (κ3) is 0.765. The highest BCUT2D eigenvalue weighted by atomic mass is 16.5. The molecule has 0 bridgehead atoms. The molecule has 1 saturated heterocycles. The predicted octanol–water partition coefficient (Wildman–Crippen LogP) is -0.336. The number of rotatable bonds is 0. The van der Waals surface area contributed by atoms with Crippen LogP contribution in [0.3, 0.4) is 0 Å². The monoisotopic (exact) mass is 99.0 g/mol. The molecule has 37 valence electrons. The fourth-order valence-electron chi connectivity index (χ4n) is 0.357. The van der Waals surface area contributed by atoms with Crippen molar-refractivity contribution in [2.24, 2.45) is 0 Å². The Morgan fingerprint density at radius 3 is 2.43 bits per heavy atom. The first kappa shape index (κ1) is 4.30. The number of ether oxygens (including phenoxy) is 1. The van der Waals surface area contributed by atoms with Crippen LogP contribution in [0.25, 0.3) is 0 Å². The van der Waals surface area contributed by atoms with Crippen LogP contribution >= 0.6 is 0 Å². The largest absolute Gasteiger partial charge is 0.449 e. The molecular weight excluding hydrogens is 96.0 g/mol. The second-order valence-electron chi connectivity index (χ2n) is 1.25. The number of cyclic esters (lactones) is 1. The maximum Gasteiger partial charge on any atom is 0.314 e. The minimum Gasteiger partial charge on any atom is -0.449 e. The fourth-order valence-corrected chi connectivity index (χ4v) is 0.357. The lowest BCUT2D eigenvalue weighted by atomic mass is 10.3. The van der Waals surface area contributed by atoms with Gasteiger partial charge in [0.05, 0.1) is 0 Å². The lowest BCUT2D eigenvalue weighted by molar-refractivity contribution is -0.135. The van der Waals surface area contributed by atoms with Crippen molar-refractivity contribution in [3.8, 4) is 0 Å². The third-order valence-electron chi connectivity index (χ3n) is 0.640. The van der Waals surface area contributed by atoms with Crippen LogP contribution in [0.5, 0.6) is 0 Å². The molecule has 3 heteroatoms. The molecule has 7 heavy (non-hydrogen) atoms. The van der Waals surface area contributed by atoms with Gasteiger partial charge in [0.15, 0.2) is 5.78 Å². The molecule has 1 radical (unpaired) electrons. The van der Waals surface area contributed by atoms with Crippen LogP contribution in [-0.4, -0.2) is 11.8 Å². The van der Waals surface area contributed by atoms with Crippen molar-refractivity contribution >= 4 is 11.8 Å². The number of carbonyl (C=O) groups excluding carboxylic acids is 2. The molecule has 1 aliphatic rings. The molecule has 0 spiro atoms. The van der Waals surface area contributed by atoms with E-state index in [9.17, 15) is 9.59 Å². The summed E-state index contributed by atoms with van der Waals surface area (Å²) in [5, 5.41) is 0. The average molecular weight is 99.1 g/mol. The van der Waals surface area contributed by atoms with Crippen molar-refractivity contribution in [2.45, 2.75) is 6.42 Å². The Kier molecular flexibility index (Phi) is 0.817. The summed E-state index contributed by atoms with van der Waals surface area (Å²) in [4.78, 5) is 20.0. The molecule has 0 aromatic heterocycles. The van der Waals surface area contributed by atoms with Gasteiger partial charge in [0, 0.05) is 0 Å². The maximum atomic E-state index is 10.1. The summed E-state index contributed by atoms with van der Waals surface area (Å²) >= 11 is 0. The smallest absolute Gasteiger partial charge is 0.314 e. The van der Waals surface area contributed by atoms with E-state index in [0.29, 0.717) is 0 Å². The van der Waals surface area contributed by atoms with Gasteiger partial charge in [-0.05, 0) is 0 Å². The van der Waals surface area contributed by atoms with Crippen LogP contribution in [0.4, 0.5) is 0 Å². The van der Waals surface area contributed by atoms with Crippen molar-refractivity contribution in [1.29, 1.82) is 0 Å². The third-order valence-corrected chi connectivity index (χ3v) is 0.640. The number of Topliss-reactive ketones (excluding diaryl/α,β-unsaturated/α-hetero) is 1. The molecule has 1 heterocycles. The fraction of sp³-hybridized carbons (Fsp3) is 0.250. The molecule has 1 aliphatic heterocycles. The number of ketones is 1. The number of carbonyl (C=O) groups is 2. The first-order valence-electron chi connectivity index (χ1n) is 1.84. The maximum absolute atomic E-state index is 10.1. The van der Waals surface area contributed by atoms with Gasteiger partial charge in [-0.2, -0.15) is 0 Å². The normalized spacial score (nSPS) is 20.0. The molecule has 1 fully saturated rings. The highest BCUT2D eigenvalue weighted by molar-refractivity contribution is 6.05. The highest BCUT2D eigenvalue weighted by Crippen LogP contribution is 2.02. The van der Waals surface area contributed by atoms with E-state index in [1.165, 1.54) is 0 Å². The van der Waals surface area contributed by atoms with Crippen molar-refractivity contribution in [1.82, 2.24) is 0 Å². The number of esters is 1. The Bertz CT molecular complexity index is 102. The quantitative estimate of drug-likeness (QED) is 0.308. The zero-order valence-electron chi connectivity index (χ0n) is 3.51. The molecule has 0 aromatic carbocycles. The van der Waals surface area contributed by atoms with Gasteiger partial charge >= 0.3 is 5.97 Å². The van der Waals surface area contributed by atoms with E-state index in [1.807, 2.05) is 0 Å². The lowest BCUT2D eigenvalue weighted by Crippen LogP contribution is -1.89. The molecule has 0 saturated carbocycles. The molecule has 0 unspecified atom stereocenters. The molecule has 1 rings (SSSR count). The van der Waals surface area contributed by atoms with E-state index >= 15 is 0 Å². The summed E-state index contributed by atoms with van der Waals surface area (Å²) in [6, 6.07) is 0. The average Bonchev–Trinajstić information content (AvgIpc) is 1.87. The first-order chi connectivity index (χ1) is 3.29. The zero-order chi connectivity index (χ0) is 5.28. The first-order valence-corrected chi connectivity index (χ1v) is 1.84. The molecule has 0 atom stereocenters. The van der Waals surface area contributed by atoms with Crippen LogP contribution in [0.1, 0.15) is 6.42 Å². The predicted molar refractivity (Wildman–Crippen MR) is 20.0 cm³/mol. The molecule has 0 aromatic rings. The SMILES string of the molecule is O=C1[CH]OC(=O)C1. The highest BCUT2D eigenvalue weighted by Gasteiger charge is 2.20. The zero-order valence-corrected chi connectivity index (χ0v) is 3.51. The van der Waals surface area contributed by atoms with E-state index < -0.39 is 5.97 Å². The van der Waals surface area contributed by atoms with E-state index in [4.69, 9.17) is 0 Å². The van der Waals surface area contributed by atoms with Gasteiger partial charge in [-0.1, -0.05) is 0 Å². The Hall–Kier alpha value is -0.860. The summed E-state index contributed by atoms with van der Waals surface area (Å²) in [5.74, 6) is -0.699. The van der Waals surface area contributed by atoms with Crippen LogP contribution in [0.2, 0.25) is 0 Å².